The lowest BCUT2D eigenvalue weighted by atomic mass is 10.1. The molecule has 0 radical (unpaired) electrons. The maximum Gasteiger partial charge on any atom is 0.262 e. The molecule has 0 saturated carbocycles. The van der Waals surface area contributed by atoms with Gasteiger partial charge in [-0.15, -0.1) is 0 Å². The molecule has 10 nitrogen and oxygen atoms in total. The monoisotopic (exact) mass is 565 g/mol. The Balaban J connectivity index is 1.54. The normalized spacial score (nSPS) is 19.6. The first-order valence-corrected chi connectivity index (χ1v) is 15.8. The van der Waals surface area contributed by atoms with Crippen molar-refractivity contribution in [3.05, 3.63) is 71.9 Å². The molecule has 1 N–H and O–H groups in total. The molecule has 2 fully saturated rings. The summed E-state index contributed by atoms with van der Waals surface area (Å²) in [6.45, 7) is 0.957. The molecule has 0 spiro atoms. The van der Waals surface area contributed by atoms with Crippen LogP contribution in [0.3, 0.4) is 0 Å². The third-order valence-corrected chi connectivity index (χ3v) is 10.5. The van der Waals surface area contributed by atoms with Gasteiger partial charge in [0.05, 0.1) is 22.1 Å². The summed E-state index contributed by atoms with van der Waals surface area (Å²) in [6, 6.07) is 17.1. The third-order valence-electron chi connectivity index (χ3n) is 6.81. The molecule has 3 heterocycles. The minimum absolute atomic E-state index is 0.00573. The Hall–Kier alpha value is -3.79. The van der Waals surface area contributed by atoms with E-state index >= 15 is 0 Å². The van der Waals surface area contributed by atoms with Crippen LogP contribution in [0.5, 0.6) is 0 Å². The second kappa shape index (κ2) is 10.8. The highest BCUT2D eigenvalue weighted by molar-refractivity contribution is 7.91. The van der Waals surface area contributed by atoms with E-state index in [4.69, 9.17) is 0 Å². The number of rotatable bonds is 7. The van der Waals surface area contributed by atoms with Gasteiger partial charge in [0, 0.05) is 36.5 Å². The molecule has 0 aliphatic carbocycles. The van der Waals surface area contributed by atoms with Crippen molar-refractivity contribution in [2.75, 3.05) is 24.6 Å². The van der Waals surface area contributed by atoms with Gasteiger partial charge in [-0.05, 0) is 49.6 Å². The van der Waals surface area contributed by atoms with Gasteiger partial charge in [-0.1, -0.05) is 30.3 Å². The van der Waals surface area contributed by atoms with Gasteiger partial charge in [-0.25, -0.2) is 21.5 Å². The van der Waals surface area contributed by atoms with Crippen LogP contribution in [0.25, 0.3) is 23.0 Å². The van der Waals surface area contributed by atoms with E-state index in [0.717, 1.165) is 18.5 Å². The Morgan fingerprint density at radius 1 is 1.10 bits per heavy atom. The van der Waals surface area contributed by atoms with Gasteiger partial charge < -0.3 is 5.32 Å². The number of hydrogen-bond donors (Lipinski definition) is 1. The fraction of sp³-hybridized carbons (Fsp3) is 0.296. The molecule has 2 aromatic carbocycles. The Kier molecular flexibility index (Phi) is 7.40. The summed E-state index contributed by atoms with van der Waals surface area (Å²) in [5.74, 6) is -0.843. The van der Waals surface area contributed by atoms with Crippen LogP contribution in [-0.2, 0) is 24.7 Å². The summed E-state index contributed by atoms with van der Waals surface area (Å²) < 4.78 is 53.0. The molecular formula is C27H27N5O5S2. The van der Waals surface area contributed by atoms with Crippen molar-refractivity contribution in [3.8, 4) is 23.0 Å². The first kappa shape index (κ1) is 26.8. The SMILES string of the molecule is N#C/C(=C/c1cn(-c2ccccc2)nc1-c1cccc(S(=O)(=O)N2CCCC2)c1)C(=O)NC1CCS(=O)(=O)C1. The summed E-state index contributed by atoms with van der Waals surface area (Å²) >= 11 is 0. The van der Waals surface area contributed by atoms with E-state index in [1.807, 2.05) is 36.4 Å². The van der Waals surface area contributed by atoms with E-state index in [2.05, 4.69) is 10.4 Å². The van der Waals surface area contributed by atoms with Gasteiger partial charge in [0.15, 0.2) is 9.84 Å². The molecule has 1 atom stereocenters. The number of sulfonamides is 1. The van der Waals surface area contributed by atoms with Gasteiger partial charge in [0.25, 0.3) is 5.91 Å². The number of benzene rings is 2. The number of hydrogen-bond acceptors (Lipinski definition) is 7. The lowest BCUT2D eigenvalue weighted by Crippen LogP contribution is -2.36. The highest BCUT2D eigenvalue weighted by atomic mass is 32.2. The van der Waals surface area contributed by atoms with Gasteiger partial charge >= 0.3 is 0 Å². The average molecular weight is 566 g/mol. The second-order valence-corrected chi connectivity index (χ2v) is 13.8. The minimum atomic E-state index is -3.67. The van der Waals surface area contributed by atoms with E-state index in [1.165, 1.54) is 10.4 Å². The lowest BCUT2D eigenvalue weighted by Gasteiger charge is -2.16. The number of sulfone groups is 1. The summed E-state index contributed by atoms with van der Waals surface area (Å²) in [6.07, 6.45) is 4.99. The van der Waals surface area contributed by atoms with Crippen molar-refractivity contribution in [3.63, 3.8) is 0 Å². The number of para-hydroxylation sites is 1. The van der Waals surface area contributed by atoms with Gasteiger partial charge in [-0.2, -0.15) is 14.7 Å². The zero-order valence-electron chi connectivity index (χ0n) is 21.0. The molecule has 12 heteroatoms. The number of amides is 1. The van der Waals surface area contributed by atoms with Gasteiger partial charge in [-0.3, -0.25) is 4.79 Å². The number of carbonyl (C=O) groups excluding carboxylic acids is 1. The Labute approximate surface area is 227 Å². The van der Waals surface area contributed by atoms with Gasteiger partial charge in [0.2, 0.25) is 10.0 Å². The maximum atomic E-state index is 13.2. The molecule has 202 valence electrons. The Morgan fingerprint density at radius 2 is 1.85 bits per heavy atom. The van der Waals surface area contributed by atoms with E-state index in [9.17, 15) is 26.9 Å². The second-order valence-electron chi connectivity index (χ2n) is 9.60. The Morgan fingerprint density at radius 3 is 2.51 bits per heavy atom. The fourth-order valence-electron chi connectivity index (χ4n) is 4.79. The number of nitrogens with zero attached hydrogens (tertiary/aromatic N) is 4. The predicted molar refractivity (Wildman–Crippen MR) is 146 cm³/mol. The van der Waals surface area contributed by atoms with Crippen molar-refractivity contribution < 1.29 is 21.6 Å². The summed E-state index contributed by atoms with van der Waals surface area (Å²) in [4.78, 5) is 13.0. The number of carbonyl (C=O) groups is 1. The first-order chi connectivity index (χ1) is 18.7. The van der Waals surface area contributed by atoms with Crippen LogP contribution in [0.15, 0.2) is 71.3 Å². The smallest absolute Gasteiger partial charge is 0.262 e. The quantitative estimate of drug-likeness (QED) is 0.343. The van der Waals surface area contributed by atoms with Crippen molar-refractivity contribution in [1.82, 2.24) is 19.4 Å². The standard InChI is InChI=1S/C27H27N5O5S2/c28-17-21(27(33)29-23-11-14-38(34,35)19-23)15-22-18-32(24-8-2-1-3-9-24)30-26(22)20-7-6-10-25(16-20)39(36,37)31-12-4-5-13-31/h1-3,6-10,15-16,18,23H,4-5,11-14,19H2,(H,29,33)/b21-15-. The molecule has 1 aromatic heterocycles. The lowest BCUT2D eigenvalue weighted by molar-refractivity contribution is -0.117. The molecule has 1 amide bonds. The summed E-state index contributed by atoms with van der Waals surface area (Å²) in [5, 5.41) is 17.1. The van der Waals surface area contributed by atoms with E-state index in [1.54, 1.807) is 35.1 Å². The van der Waals surface area contributed by atoms with Crippen LogP contribution in [0.4, 0.5) is 0 Å². The van der Waals surface area contributed by atoms with Crippen LogP contribution < -0.4 is 5.32 Å². The van der Waals surface area contributed by atoms with Crippen LogP contribution in [0.2, 0.25) is 0 Å². The van der Waals surface area contributed by atoms with E-state index in [0.29, 0.717) is 36.3 Å². The average Bonchev–Trinajstić information content (AvgIpc) is 3.68. The third kappa shape index (κ3) is 5.80. The van der Waals surface area contributed by atoms with E-state index < -0.39 is 31.8 Å². The van der Waals surface area contributed by atoms with Crippen molar-refractivity contribution >= 4 is 31.8 Å². The van der Waals surface area contributed by atoms with Crippen LogP contribution >= 0.6 is 0 Å². The molecule has 1 unspecified atom stereocenters. The number of aromatic nitrogens is 2. The zero-order valence-corrected chi connectivity index (χ0v) is 22.7. The van der Waals surface area contributed by atoms with Crippen LogP contribution in [0, 0.1) is 11.3 Å². The first-order valence-electron chi connectivity index (χ1n) is 12.5. The topological polar surface area (TPSA) is 142 Å². The predicted octanol–water partition coefficient (Wildman–Crippen LogP) is 2.53. The molecular weight excluding hydrogens is 538 g/mol. The molecule has 2 aliphatic heterocycles. The van der Waals surface area contributed by atoms with Crippen molar-refractivity contribution in [2.45, 2.75) is 30.2 Å². The van der Waals surface area contributed by atoms with Gasteiger partial charge in [0.1, 0.15) is 17.3 Å². The molecule has 2 aliphatic rings. The highest BCUT2D eigenvalue weighted by Crippen LogP contribution is 2.29. The summed E-state index contributed by atoms with van der Waals surface area (Å²) in [7, 11) is -6.88. The van der Waals surface area contributed by atoms with Crippen LogP contribution in [0.1, 0.15) is 24.8 Å². The molecule has 3 aromatic rings. The van der Waals surface area contributed by atoms with Crippen molar-refractivity contribution in [2.24, 2.45) is 0 Å². The zero-order chi connectivity index (χ0) is 27.6. The molecule has 39 heavy (non-hydrogen) atoms. The molecule has 5 rings (SSSR count). The fourth-order valence-corrected chi connectivity index (χ4v) is 8.02. The van der Waals surface area contributed by atoms with Crippen molar-refractivity contribution in [1.29, 1.82) is 5.26 Å². The van der Waals surface area contributed by atoms with E-state index in [-0.39, 0.29) is 22.0 Å². The molecule has 2 saturated heterocycles. The maximum absolute atomic E-state index is 13.2. The largest absolute Gasteiger partial charge is 0.348 e. The number of nitriles is 1. The molecule has 0 bridgehead atoms. The highest BCUT2D eigenvalue weighted by Gasteiger charge is 2.30. The van der Waals surface area contributed by atoms with Crippen LogP contribution in [-0.4, -0.2) is 67.5 Å². The Bertz CT molecular complexity index is 1680. The minimum Gasteiger partial charge on any atom is -0.348 e. The summed E-state index contributed by atoms with van der Waals surface area (Å²) in [5.41, 5.74) is 1.85. The number of nitrogens with one attached hydrogen (secondary N) is 1.